The molecule has 8 rings (SSSR count). The minimum absolute atomic E-state index is 0.0826. The molecule has 46 heavy (non-hydrogen) atoms. The van der Waals surface area contributed by atoms with Crippen molar-refractivity contribution < 1.29 is 0 Å². The Hall–Kier alpha value is -5.84. The van der Waals surface area contributed by atoms with Gasteiger partial charge in [-0.05, 0) is 107 Å². The lowest BCUT2D eigenvalue weighted by Crippen LogP contribution is -2.25. The fraction of sp³-hybridized carbons (Fsp3) is 0.143. The molecular weight excluding hydrogens is 560 g/mol. The first-order chi connectivity index (χ1) is 22.3. The fourth-order valence-corrected chi connectivity index (χ4v) is 7.54. The molecule has 0 spiro atoms. The minimum Gasteiger partial charge on any atom is -0.340 e. The summed E-state index contributed by atoms with van der Waals surface area (Å²) < 4.78 is 0. The summed E-state index contributed by atoms with van der Waals surface area (Å²) in [6.45, 7) is 17.2. The molecule has 4 heteroatoms. The van der Waals surface area contributed by atoms with E-state index in [0.717, 1.165) is 23.6 Å². The molecule has 1 heterocycles. The van der Waals surface area contributed by atoms with Crippen molar-refractivity contribution in [1.29, 1.82) is 5.26 Å². The standard InChI is InChI=1S/C42H32N4/c1-26-20-27(2)22-33(21-26)46(32-13-6-28(24-43)7-14-32)38-18-11-30-8-15-34-37(17-10-29-9-16-35(38)41(30)40(29)34)45-25-42(3,4)36-23-31(44-5)12-19-39(36)45/h6-23H,25H2,1-4H3. The summed E-state index contributed by atoms with van der Waals surface area (Å²) in [4.78, 5) is 8.47. The third kappa shape index (κ3) is 4.19. The van der Waals surface area contributed by atoms with Crippen molar-refractivity contribution in [3.8, 4) is 6.07 Å². The molecule has 220 valence electrons. The van der Waals surface area contributed by atoms with Crippen LogP contribution in [0.2, 0.25) is 0 Å². The van der Waals surface area contributed by atoms with Gasteiger partial charge in [0.15, 0.2) is 5.69 Å². The van der Waals surface area contributed by atoms with Gasteiger partial charge in [-0.1, -0.05) is 68.4 Å². The lowest BCUT2D eigenvalue weighted by molar-refractivity contribution is 0.569. The first-order valence-electron chi connectivity index (χ1n) is 15.6. The summed E-state index contributed by atoms with van der Waals surface area (Å²) in [6.07, 6.45) is 0. The van der Waals surface area contributed by atoms with Gasteiger partial charge in [0.05, 0.1) is 23.9 Å². The maximum Gasteiger partial charge on any atom is 0.187 e. The molecule has 1 aliphatic rings. The Morgan fingerprint density at radius 2 is 1.35 bits per heavy atom. The predicted molar refractivity (Wildman–Crippen MR) is 192 cm³/mol. The SMILES string of the molecule is [C-]#[N+]c1ccc2c(c1)C(C)(C)CN2c1ccc2ccc3c(N(c4ccc(C#N)cc4)c4cc(C)cc(C)c4)ccc4ccc1c2c43. The van der Waals surface area contributed by atoms with Crippen LogP contribution >= 0.6 is 0 Å². The first kappa shape index (κ1) is 27.7. The summed E-state index contributed by atoms with van der Waals surface area (Å²) in [5, 5.41) is 16.8. The van der Waals surface area contributed by atoms with Crippen LogP contribution in [-0.2, 0) is 5.41 Å². The summed E-state index contributed by atoms with van der Waals surface area (Å²) in [5.74, 6) is 0. The van der Waals surface area contributed by atoms with Gasteiger partial charge < -0.3 is 9.80 Å². The second-order valence-corrected chi connectivity index (χ2v) is 13.2. The summed E-state index contributed by atoms with van der Waals surface area (Å²) in [7, 11) is 0. The predicted octanol–water partition coefficient (Wildman–Crippen LogP) is 11.5. The zero-order valence-corrected chi connectivity index (χ0v) is 26.4. The van der Waals surface area contributed by atoms with Crippen LogP contribution in [0.4, 0.5) is 34.1 Å². The summed E-state index contributed by atoms with van der Waals surface area (Å²) in [5.41, 5.74) is 10.4. The largest absolute Gasteiger partial charge is 0.340 e. The Bertz CT molecular complexity index is 2400. The van der Waals surface area contributed by atoms with Crippen molar-refractivity contribution in [3.05, 3.63) is 143 Å². The van der Waals surface area contributed by atoms with Gasteiger partial charge in [-0.25, -0.2) is 4.85 Å². The zero-order valence-electron chi connectivity index (χ0n) is 26.4. The highest BCUT2D eigenvalue weighted by molar-refractivity contribution is 6.28. The molecule has 7 aromatic rings. The zero-order chi connectivity index (χ0) is 31.7. The van der Waals surface area contributed by atoms with E-state index in [-0.39, 0.29) is 5.41 Å². The van der Waals surface area contributed by atoms with E-state index in [4.69, 9.17) is 6.57 Å². The van der Waals surface area contributed by atoms with Crippen LogP contribution < -0.4 is 9.80 Å². The van der Waals surface area contributed by atoms with Crippen molar-refractivity contribution in [1.82, 2.24) is 0 Å². The molecule has 0 fully saturated rings. The maximum atomic E-state index is 9.50. The molecule has 0 bridgehead atoms. The summed E-state index contributed by atoms with van der Waals surface area (Å²) >= 11 is 0. The molecule has 7 aromatic carbocycles. The number of nitrogens with zero attached hydrogens (tertiary/aromatic N) is 4. The lowest BCUT2D eigenvalue weighted by atomic mass is 9.87. The molecule has 0 N–H and O–H groups in total. The van der Waals surface area contributed by atoms with Gasteiger partial charge in [0.25, 0.3) is 0 Å². The highest BCUT2D eigenvalue weighted by Gasteiger charge is 2.36. The van der Waals surface area contributed by atoms with Gasteiger partial charge in [0.2, 0.25) is 0 Å². The number of aryl methyl sites for hydroxylation is 2. The van der Waals surface area contributed by atoms with Crippen molar-refractivity contribution in [3.63, 3.8) is 0 Å². The minimum atomic E-state index is -0.0826. The number of hydrogen-bond acceptors (Lipinski definition) is 3. The molecule has 0 atom stereocenters. The Morgan fingerprint density at radius 1 is 0.717 bits per heavy atom. The highest BCUT2D eigenvalue weighted by atomic mass is 15.2. The van der Waals surface area contributed by atoms with E-state index in [9.17, 15) is 5.26 Å². The number of benzene rings is 7. The normalized spacial score (nSPS) is 13.7. The monoisotopic (exact) mass is 592 g/mol. The van der Waals surface area contributed by atoms with Gasteiger partial charge in [0.1, 0.15) is 0 Å². The molecule has 0 saturated heterocycles. The Labute approximate surface area is 269 Å². The van der Waals surface area contributed by atoms with Crippen molar-refractivity contribution in [2.45, 2.75) is 33.1 Å². The molecule has 1 aliphatic heterocycles. The second kappa shape index (κ2) is 10.1. The fourth-order valence-electron chi connectivity index (χ4n) is 7.54. The van der Waals surface area contributed by atoms with Gasteiger partial charge in [0, 0.05) is 45.5 Å². The molecule has 0 unspecified atom stereocenters. The average molecular weight is 593 g/mol. The lowest BCUT2D eigenvalue weighted by Gasteiger charge is -2.29. The molecular formula is C42H32N4. The van der Waals surface area contributed by atoms with Crippen molar-refractivity contribution in [2.75, 3.05) is 16.3 Å². The van der Waals surface area contributed by atoms with E-state index in [0.29, 0.717) is 11.3 Å². The number of anilines is 5. The third-order valence-corrected chi connectivity index (χ3v) is 9.55. The third-order valence-electron chi connectivity index (χ3n) is 9.55. The van der Waals surface area contributed by atoms with E-state index in [1.165, 1.54) is 60.4 Å². The number of rotatable bonds is 4. The molecule has 4 nitrogen and oxygen atoms in total. The van der Waals surface area contributed by atoms with Crippen LogP contribution in [0.3, 0.4) is 0 Å². The van der Waals surface area contributed by atoms with E-state index in [1.54, 1.807) is 0 Å². The van der Waals surface area contributed by atoms with E-state index < -0.39 is 0 Å². The van der Waals surface area contributed by atoms with Crippen molar-refractivity contribution >= 4 is 66.4 Å². The Kier molecular flexibility index (Phi) is 6.08. The van der Waals surface area contributed by atoms with Crippen LogP contribution in [-0.4, -0.2) is 6.54 Å². The molecule has 0 aliphatic carbocycles. The Balaban J connectivity index is 1.38. The molecule has 0 amide bonds. The number of hydrogen-bond donors (Lipinski definition) is 0. The van der Waals surface area contributed by atoms with E-state index in [2.05, 4.69) is 127 Å². The molecule has 0 saturated carbocycles. The summed E-state index contributed by atoms with van der Waals surface area (Å²) in [6, 6.07) is 40.9. The van der Waals surface area contributed by atoms with Crippen LogP contribution in [0.15, 0.2) is 109 Å². The Morgan fingerprint density at radius 3 is 2.04 bits per heavy atom. The van der Waals surface area contributed by atoms with Crippen LogP contribution in [0, 0.1) is 31.8 Å². The van der Waals surface area contributed by atoms with Gasteiger partial charge >= 0.3 is 0 Å². The van der Waals surface area contributed by atoms with Gasteiger partial charge in [-0.3, -0.25) is 0 Å². The van der Waals surface area contributed by atoms with E-state index in [1.807, 2.05) is 30.3 Å². The number of nitriles is 1. The van der Waals surface area contributed by atoms with Crippen LogP contribution in [0.1, 0.15) is 36.1 Å². The molecule has 0 radical (unpaired) electrons. The maximum absolute atomic E-state index is 9.50. The smallest absolute Gasteiger partial charge is 0.187 e. The highest BCUT2D eigenvalue weighted by Crippen LogP contribution is 2.50. The second-order valence-electron chi connectivity index (χ2n) is 13.2. The topological polar surface area (TPSA) is 34.6 Å². The average Bonchev–Trinajstić information content (AvgIpc) is 3.33. The van der Waals surface area contributed by atoms with Crippen LogP contribution in [0.25, 0.3) is 37.2 Å². The van der Waals surface area contributed by atoms with Crippen LogP contribution in [0.5, 0.6) is 0 Å². The van der Waals surface area contributed by atoms with E-state index >= 15 is 0 Å². The number of fused-ring (bicyclic) bond motifs is 1. The van der Waals surface area contributed by atoms with Gasteiger partial charge in [-0.2, -0.15) is 5.26 Å². The first-order valence-corrected chi connectivity index (χ1v) is 15.6. The van der Waals surface area contributed by atoms with Crippen molar-refractivity contribution in [2.24, 2.45) is 0 Å². The quantitative estimate of drug-likeness (QED) is 0.151. The molecule has 0 aromatic heterocycles. The van der Waals surface area contributed by atoms with Gasteiger partial charge in [-0.15, -0.1) is 0 Å².